The molecule has 0 radical (unpaired) electrons. The van der Waals surface area contributed by atoms with Crippen LogP contribution in [-0.4, -0.2) is 39.5 Å². The van der Waals surface area contributed by atoms with Gasteiger partial charge in [-0.15, -0.1) is 11.3 Å². The average molecular weight is 408 g/mol. The Labute approximate surface area is 171 Å². The van der Waals surface area contributed by atoms with Crippen LogP contribution in [0.25, 0.3) is 11.7 Å². The fourth-order valence-corrected chi connectivity index (χ4v) is 4.17. The van der Waals surface area contributed by atoms with Crippen molar-refractivity contribution in [3.8, 4) is 0 Å². The van der Waals surface area contributed by atoms with Gasteiger partial charge in [-0.3, -0.25) is 14.9 Å². The first-order chi connectivity index (χ1) is 14.0. The minimum absolute atomic E-state index is 0.0808. The number of anilines is 3. The fraction of sp³-hybridized carbons (Fsp3) is 0.300. The topological polar surface area (TPSA) is 91.6 Å². The highest BCUT2D eigenvalue weighted by Gasteiger charge is 2.26. The minimum Gasteiger partial charge on any atom is -0.367 e. The van der Waals surface area contributed by atoms with Crippen LogP contribution in [0.3, 0.4) is 0 Å². The standard InChI is InChI=1S/C20H20N6O2S/c1-11-5-18(29-10-11)25(2)15-8-16(22-14-3-4-14)26-19(23-15)13(9-21-26)6-12-7-17(27)24-20(12)28/h5-6,8-10,14,22H,3-4,7H2,1-2H3,(H,24,27,28). The van der Waals surface area contributed by atoms with Crippen molar-refractivity contribution in [3.05, 3.63) is 40.4 Å². The zero-order valence-electron chi connectivity index (χ0n) is 16.1. The molecule has 1 aliphatic heterocycles. The monoisotopic (exact) mass is 408 g/mol. The molecule has 2 N–H and O–H groups in total. The van der Waals surface area contributed by atoms with Crippen LogP contribution >= 0.6 is 11.3 Å². The number of rotatable bonds is 5. The molecule has 148 valence electrons. The summed E-state index contributed by atoms with van der Waals surface area (Å²) in [5, 5.41) is 13.5. The molecule has 3 aromatic rings. The number of nitrogens with one attached hydrogen (secondary N) is 2. The van der Waals surface area contributed by atoms with Gasteiger partial charge in [0.05, 0.1) is 17.6 Å². The molecule has 0 bridgehead atoms. The molecule has 1 saturated heterocycles. The highest BCUT2D eigenvalue weighted by molar-refractivity contribution is 7.14. The third-order valence-electron chi connectivity index (χ3n) is 5.03. The summed E-state index contributed by atoms with van der Waals surface area (Å²) in [6.45, 7) is 2.07. The maximum Gasteiger partial charge on any atom is 0.254 e. The number of carbonyl (C=O) groups excluding carboxylic acids is 2. The SMILES string of the molecule is Cc1csc(N(C)c2cc(NC3CC3)n3ncc(C=C4CC(=O)NC4=O)c3n2)c1. The van der Waals surface area contributed by atoms with Crippen LogP contribution in [0, 0.1) is 6.92 Å². The molecule has 1 aliphatic carbocycles. The van der Waals surface area contributed by atoms with E-state index in [0.29, 0.717) is 22.8 Å². The second kappa shape index (κ2) is 6.70. The zero-order chi connectivity index (χ0) is 20.1. The number of thiophene rings is 1. The van der Waals surface area contributed by atoms with E-state index in [4.69, 9.17) is 4.98 Å². The summed E-state index contributed by atoms with van der Waals surface area (Å²) >= 11 is 1.66. The highest BCUT2D eigenvalue weighted by atomic mass is 32.1. The normalized spacial score (nSPS) is 17.9. The van der Waals surface area contributed by atoms with E-state index in [1.54, 1.807) is 28.1 Å². The van der Waals surface area contributed by atoms with Crippen LogP contribution < -0.4 is 15.5 Å². The summed E-state index contributed by atoms with van der Waals surface area (Å²) in [6, 6.07) is 4.57. The lowest BCUT2D eigenvalue weighted by Gasteiger charge is -2.18. The van der Waals surface area contributed by atoms with E-state index in [9.17, 15) is 9.59 Å². The molecule has 0 aromatic carbocycles. The summed E-state index contributed by atoms with van der Waals surface area (Å²) in [5.41, 5.74) is 2.99. The molecule has 0 atom stereocenters. The molecule has 9 heteroatoms. The van der Waals surface area contributed by atoms with Crippen LogP contribution in [-0.2, 0) is 9.59 Å². The maximum absolute atomic E-state index is 12.0. The third-order valence-corrected chi connectivity index (χ3v) is 6.15. The van der Waals surface area contributed by atoms with E-state index in [2.05, 4.69) is 34.1 Å². The van der Waals surface area contributed by atoms with Gasteiger partial charge in [0.25, 0.3) is 5.91 Å². The van der Waals surface area contributed by atoms with E-state index < -0.39 is 0 Å². The fourth-order valence-electron chi connectivity index (χ4n) is 3.29. The van der Waals surface area contributed by atoms with Crippen LogP contribution in [0.4, 0.5) is 16.6 Å². The molecule has 8 nitrogen and oxygen atoms in total. The molecule has 4 heterocycles. The molecule has 0 unspecified atom stereocenters. The van der Waals surface area contributed by atoms with E-state index >= 15 is 0 Å². The molecule has 0 spiro atoms. The number of hydrogen-bond donors (Lipinski definition) is 2. The van der Waals surface area contributed by atoms with Gasteiger partial charge in [-0.25, -0.2) is 4.98 Å². The highest BCUT2D eigenvalue weighted by Crippen LogP contribution is 2.33. The predicted molar refractivity (Wildman–Crippen MR) is 112 cm³/mol. The maximum atomic E-state index is 12.0. The lowest BCUT2D eigenvalue weighted by atomic mass is 10.1. The molecule has 1 saturated carbocycles. The molecular formula is C20H20N6O2S. The number of fused-ring (bicyclic) bond motifs is 1. The predicted octanol–water partition coefficient (Wildman–Crippen LogP) is 2.87. The van der Waals surface area contributed by atoms with Crippen molar-refractivity contribution in [1.82, 2.24) is 19.9 Å². The molecule has 29 heavy (non-hydrogen) atoms. The van der Waals surface area contributed by atoms with Crippen LogP contribution in [0.1, 0.15) is 30.4 Å². The van der Waals surface area contributed by atoms with Gasteiger partial charge in [-0.05, 0) is 42.9 Å². The van der Waals surface area contributed by atoms with Crippen LogP contribution in [0.2, 0.25) is 0 Å². The molecule has 2 aliphatic rings. The Morgan fingerprint density at radius 1 is 1.34 bits per heavy atom. The van der Waals surface area contributed by atoms with Gasteiger partial charge in [0.1, 0.15) is 11.6 Å². The number of carbonyl (C=O) groups is 2. The van der Waals surface area contributed by atoms with Crippen molar-refractivity contribution in [2.24, 2.45) is 0 Å². The summed E-state index contributed by atoms with van der Waals surface area (Å²) in [5.74, 6) is 1.02. The number of aromatic nitrogens is 3. The summed E-state index contributed by atoms with van der Waals surface area (Å²) in [6.07, 6.45) is 5.74. The lowest BCUT2D eigenvalue weighted by Crippen LogP contribution is -2.19. The number of hydrogen-bond acceptors (Lipinski definition) is 7. The van der Waals surface area contributed by atoms with E-state index in [0.717, 1.165) is 29.5 Å². The average Bonchev–Trinajstić information content (AvgIpc) is 3.09. The second-order valence-corrected chi connectivity index (χ2v) is 8.39. The summed E-state index contributed by atoms with van der Waals surface area (Å²) < 4.78 is 1.76. The second-order valence-electron chi connectivity index (χ2n) is 7.50. The number of amides is 2. The summed E-state index contributed by atoms with van der Waals surface area (Å²) in [4.78, 5) is 30.4. The number of imide groups is 1. The minimum atomic E-state index is -0.354. The van der Waals surface area contributed by atoms with Crippen molar-refractivity contribution in [1.29, 1.82) is 0 Å². The van der Waals surface area contributed by atoms with E-state index in [1.807, 2.05) is 18.0 Å². The van der Waals surface area contributed by atoms with Gasteiger partial charge in [0.2, 0.25) is 5.91 Å². The van der Waals surface area contributed by atoms with Gasteiger partial charge in [-0.1, -0.05) is 0 Å². The molecule has 5 rings (SSSR count). The van der Waals surface area contributed by atoms with Crippen molar-refractivity contribution < 1.29 is 9.59 Å². The smallest absolute Gasteiger partial charge is 0.254 e. The Hall–Kier alpha value is -3.20. The Balaban J connectivity index is 1.61. The van der Waals surface area contributed by atoms with Crippen molar-refractivity contribution in [2.75, 3.05) is 17.3 Å². The Morgan fingerprint density at radius 3 is 2.83 bits per heavy atom. The first-order valence-electron chi connectivity index (χ1n) is 9.47. The van der Waals surface area contributed by atoms with E-state index in [-0.39, 0.29) is 18.2 Å². The zero-order valence-corrected chi connectivity index (χ0v) is 16.9. The Kier molecular flexibility index (Phi) is 4.13. The van der Waals surface area contributed by atoms with Gasteiger partial charge in [-0.2, -0.15) is 9.61 Å². The van der Waals surface area contributed by atoms with Crippen molar-refractivity contribution in [3.63, 3.8) is 0 Å². The molecule has 2 amide bonds. The largest absolute Gasteiger partial charge is 0.367 e. The van der Waals surface area contributed by atoms with Crippen LogP contribution in [0.5, 0.6) is 0 Å². The Bertz CT molecular complexity index is 1170. The van der Waals surface area contributed by atoms with Gasteiger partial charge in [0.15, 0.2) is 5.65 Å². The Morgan fingerprint density at radius 2 is 2.17 bits per heavy atom. The number of aryl methyl sites for hydroxylation is 1. The van der Waals surface area contributed by atoms with Crippen molar-refractivity contribution >= 4 is 51.5 Å². The summed E-state index contributed by atoms with van der Waals surface area (Å²) in [7, 11) is 1.99. The molecular weight excluding hydrogens is 388 g/mol. The van der Waals surface area contributed by atoms with Crippen LogP contribution in [0.15, 0.2) is 29.3 Å². The number of nitrogens with zero attached hydrogens (tertiary/aromatic N) is 4. The van der Waals surface area contributed by atoms with Gasteiger partial charge < -0.3 is 10.2 Å². The third kappa shape index (κ3) is 3.38. The quantitative estimate of drug-likeness (QED) is 0.498. The first kappa shape index (κ1) is 17.9. The molecule has 3 aromatic heterocycles. The van der Waals surface area contributed by atoms with Gasteiger partial charge in [0, 0.05) is 30.3 Å². The first-order valence-corrected chi connectivity index (χ1v) is 10.3. The van der Waals surface area contributed by atoms with Crippen molar-refractivity contribution in [2.45, 2.75) is 32.2 Å². The van der Waals surface area contributed by atoms with Gasteiger partial charge >= 0.3 is 0 Å². The lowest BCUT2D eigenvalue weighted by molar-refractivity contribution is -0.124. The molecule has 2 fully saturated rings. The van der Waals surface area contributed by atoms with E-state index in [1.165, 1.54) is 5.56 Å².